The summed E-state index contributed by atoms with van der Waals surface area (Å²) in [6.45, 7) is 0.570. The number of nitrogens with zero attached hydrogens (tertiary/aromatic N) is 1. The molecule has 0 bridgehead atoms. The number of halogens is 3. The summed E-state index contributed by atoms with van der Waals surface area (Å²) in [7, 11) is 0. The first kappa shape index (κ1) is 14.4. The van der Waals surface area contributed by atoms with Crippen molar-refractivity contribution in [3.63, 3.8) is 0 Å². The normalized spacial score (nSPS) is 23.6. The molecule has 21 heavy (non-hydrogen) atoms. The molecule has 2 heterocycles. The first-order valence-electron chi connectivity index (χ1n) is 7.25. The van der Waals surface area contributed by atoms with Gasteiger partial charge in [0.1, 0.15) is 5.65 Å². The number of hydrogen-bond donors (Lipinski definition) is 2. The van der Waals surface area contributed by atoms with Crippen molar-refractivity contribution in [2.24, 2.45) is 5.92 Å². The van der Waals surface area contributed by atoms with Crippen molar-refractivity contribution in [1.29, 1.82) is 0 Å². The lowest BCUT2D eigenvalue weighted by Crippen LogP contribution is -2.38. The van der Waals surface area contributed by atoms with Crippen LogP contribution in [0.3, 0.4) is 0 Å². The summed E-state index contributed by atoms with van der Waals surface area (Å²) in [4.78, 5) is 7.29. The average molecular weight is 297 g/mol. The minimum Gasteiger partial charge on any atom is -0.346 e. The van der Waals surface area contributed by atoms with Gasteiger partial charge in [0.15, 0.2) is 0 Å². The SMILES string of the molecule is FC(F)(F)C1CCCC(NCc2c[nH]c3ncccc23)C1. The number of hydrogen-bond acceptors (Lipinski definition) is 2. The first-order valence-corrected chi connectivity index (χ1v) is 7.25. The molecule has 6 heteroatoms. The third-order valence-electron chi connectivity index (χ3n) is 4.26. The molecule has 3 rings (SSSR count). The fraction of sp³-hybridized carbons (Fsp3) is 0.533. The minimum absolute atomic E-state index is 0.0630. The second kappa shape index (κ2) is 5.67. The van der Waals surface area contributed by atoms with Gasteiger partial charge in [0.2, 0.25) is 0 Å². The molecule has 2 unspecified atom stereocenters. The van der Waals surface area contributed by atoms with Crippen molar-refractivity contribution in [2.45, 2.75) is 44.4 Å². The predicted octanol–water partition coefficient (Wildman–Crippen LogP) is 3.77. The predicted molar refractivity (Wildman–Crippen MR) is 74.7 cm³/mol. The van der Waals surface area contributed by atoms with E-state index in [9.17, 15) is 13.2 Å². The molecular formula is C15H18F3N3. The van der Waals surface area contributed by atoms with Crippen LogP contribution in [-0.2, 0) is 6.54 Å². The maximum absolute atomic E-state index is 12.8. The van der Waals surface area contributed by atoms with Gasteiger partial charge in [0, 0.05) is 30.4 Å². The summed E-state index contributed by atoms with van der Waals surface area (Å²) < 4.78 is 38.4. The van der Waals surface area contributed by atoms with Crippen LogP contribution in [0.5, 0.6) is 0 Å². The van der Waals surface area contributed by atoms with Crippen molar-refractivity contribution in [1.82, 2.24) is 15.3 Å². The Bertz CT molecular complexity index is 605. The number of H-pyrrole nitrogens is 1. The second-order valence-electron chi connectivity index (χ2n) is 5.70. The number of rotatable bonds is 3. The topological polar surface area (TPSA) is 40.7 Å². The molecule has 1 fully saturated rings. The van der Waals surface area contributed by atoms with Crippen LogP contribution in [0.1, 0.15) is 31.2 Å². The zero-order valence-corrected chi connectivity index (χ0v) is 11.6. The lowest BCUT2D eigenvalue weighted by Gasteiger charge is -2.31. The van der Waals surface area contributed by atoms with Gasteiger partial charge in [-0.3, -0.25) is 0 Å². The van der Waals surface area contributed by atoms with Crippen molar-refractivity contribution in [3.8, 4) is 0 Å². The van der Waals surface area contributed by atoms with Gasteiger partial charge in [-0.05, 0) is 37.0 Å². The fourth-order valence-corrected chi connectivity index (χ4v) is 3.09. The summed E-state index contributed by atoms with van der Waals surface area (Å²) in [6.07, 6.45) is 1.41. The van der Waals surface area contributed by atoms with E-state index in [0.29, 0.717) is 13.0 Å². The van der Waals surface area contributed by atoms with Gasteiger partial charge < -0.3 is 10.3 Å². The highest BCUT2D eigenvalue weighted by molar-refractivity contribution is 5.79. The molecular weight excluding hydrogens is 279 g/mol. The Morgan fingerprint density at radius 2 is 2.19 bits per heavy atom. The summed E-state index contributed by atoms with van der Waals surface area (Å²) in [5.41, 5.74) is 1.86. The number of fused-ring (bicyclic) bond motifs is 1. The number of aromatic amines is 1. The van der Waals surface area contributed by atoms with Crippen LogP contribution in [0.15, 0.2) is 24.5 Å². The Morgan fingerprint density at radius 1 is 1.33 bits per heavy atom. The van der Waals surface area contributed by atoms with Crippen LogP contribution < -0.4 is 5.32 Å². The molecule has 114 valence electrons. The van der Waals surface area contributed by atoms with E-state index in [1.54, 1.807) is 6.20 Å². The summed E-state index contributed by atoms with van der Waals surface area (Å²) in [5, 5.41) is 4.29. The van der Waals surface area contributed by atoms with Gasteiger partial charge in [-0.1, -0.05) is 6.42 Å². The third-order valence-corrected chi connectivity index (χ3v) is 4.26. The molecule has 2 N–H and O–H groups in total. The highest BCUT2D eigenvalue weighted by atomic mass is 19.4. The Morgan fingerprint density at radius 3 is 3.00 bits per heavy atom. The van der Waals surface area contributed by atoms with Gasteiger partial charge in [0.05, 0.1) is 5.92 Å². The quantitative estimate of drug-likeness (QED) is 0.905. The van der Waals surface area contributed by atoms with Gasteiger partial charge in [-0.2, -0.15) is 13.2 Å². The van der Waals surface area contributed by atoms with Crippen LogP contribution in [0, 0.1) is 5.92 Å². The molecule has 2 atom stereocenters. The highest BCUT2D eigenvalue weighted by Crippen LogP contribution is 2.37. The maximum Gasteiger partial charge on any atom is 0.391 e. The molecule has 0 spiro atoms. The van der Waals surface area contributed by atoms with E-state index in [0.717, 1.165) is 23.0 Å². The van der Waals surface area contributed by atoms with Crippen molar-refractivity contribution in [3.05, 3.63) is 30.1 Å². The molecule has 2 aromatic heterocycles. The van der Waals surface area contributed by atoms with Crippen LogP contribution >= 0.6 is 0 Å². The van der Waals surface area contributed by atoms with E-state index in [1.165, 1.54) is 0 Å². The van der Waals surface area contributed by atoms with E-state index in [4.69, 9.17) is 0 Å². The largest absolute Gasteiger partial charge is 0.391 e. The number of alkyl halides is 3. The van der Waals surface area contributed by atoms with Crippen molar-refractivity contribution < 1.29 is 13.2 Å². The Labute approximate surface area is 121 Å². The van der Waals surface area contributed by atoms with Gasteiger partial charge >= 0.3 is 6.18 Å². The number of nitrogens with one attached hydrogen (secondary N) is 2. The van der Waals surface area contributed by atoms with E-state index >= 15 is 0 Å². The smallest absolute Gasteiger partial charge is 0.346 e. The molecule has 0 aromatic carbocycles. The fourth-order valence-electron chi connectivity index (χ4n) is 3.09. The molecule has 0 amide bonds. The molecule has 1 aliphatic rings. The lowest BCUT2D eigenvalue weighted by atomic mass is 9.85. The zero-order chi connectivity index (χ0) is 14.9. The van der Waals surface area contributed by atoms with Gasteiger partial charge in [0.25, 0.3) is 0 Å². The first-order chi connectivity index (χ1) is 10.0. The number of aromatic nitrogens is 2. The van der Waals surface area contributed by atoms with Gasteiger partial charge in [-0.15, -0.1) is 0 Å². The molecule has 1 saturated carbocycles. The molecule has 0 aliphatic heterocycles. The zero-order valence-electron chi connectivity index (χ0n) is 11.6. The Balaban J connectivity index is 1.62. The minimum atomic E-state index is -4.06. The Hall–Kier alpha value is -1.56. The van der Waals surface area contributed by atoms with E-state index in [-0.39, 0.29) is 18.9 Å². The maximum atomic E-state index is 12.8. The Kier molecular flexibility index (Phi) is 3.89. The van der Waals surface area contributed by atoms with E-state index in [1.807, 2.05) is 18.3 Å². The molecule has 3 nitrogen and oxygen atoms in total. The van der Waals surface area contributed by atoms with E-state index in [2.05, 4.69) is 15.3 Å². The third kappa shape index (κ3) is 3.20. The molecule has 0 radical (unpaired) electrons. The lowest BCUT2D eigenvalue weighted by molar-refractivity contribution is -0.183. The summed E-state index contributed by atoms with van der Waals surface area (Å²) >= 11 is 0. The average Bonchev–Trinajstić information content (AvgIpc) is 2.88. The van der Waals surface area contributed by atoms with Crippen LogP contribution in [-0.4, -0.2) is 22.2 Å². The highest BCUT2D eigenvalue weighted by Gasteiger charge is 2.41. The molecule has 2 aromatic rings. The number of pyridine rings is 1. The van der Waals surface area contributed by atoms with Crippen LogP contribution in [0.4, 0.5) is 13.2 Å². The second-order valence-corrected chi connectivity index (χ2v) is 5.70. The monoisotopic (exact) mass is 297 g/mol. The standard InChI is InChI=1S/C15H18F3N3/c16-15(17,18)11-3-1-4-12(7-11)20-8-10-9-21-14-13(10)5-2-6-19-14/h2,5-6,9,11-12,20H,1,3-4,7-8H2,(H,19,21). The molecule has 0 saturated heterocycles. The summed E-state index contributed by atoms with van der Waals surface area (Å²) in [6, 6.07) is 3.77. The van der Waals surface area contributed by atoms with E-state index < -0.39 is 12.1 Å². The van der Waals surface area contributed by atoms with Crippen molar-refractivity contribution in [2.75, 3.05) is 0 Å². The summed E-state index contributed by atoms with van der Waals surface area (Å²) in [5.74, 6) is -1.16. The van der Waals surface area contributed by atoms with Crippen LogP contribution in [0.25, 0.3) is 11.0 Å². The van der Waals surface area contributed by atoms with Crippen molar-refractivity contribution >= 4 is 11.0 Å². The molecule has 1 aliphatic carbocycles. The van der Waals surface area contributed by atoms with Gasteiger partial charge in [-0.25, -0.2) is 4.98 Å². The van der Waals surface area contributed by atoms with Crippen LogP contribution in [0.2, 0.25) is 0 Å².